The van der Waals surface area contributed by atoms with Crippen molar-refractivity contribution in [1.82, 2.24) is 15.5 Å². The van der Waals surface area contributed by atoms with E-state index in [1.807, 2.05) is 30.3 Å². The molecular formula is C13H15N5O2S. The molecule has 3 amide bonds. The quantitative estimate of drug-likeness (QED) is 0.704. The van der Waals surface area contributed by atoms with Gasteiger partial charge in [-0.3, -0.25) is 10.1 Å². The SMILES string of the molecule is NC(=O)CCCNC(=O)Nc1nnc(-c2ccccc2)s1. The maximum absolute atomic E-state index is 11.6. The van der Waals surface area contributed by atoms with Gasteiger partial charge in [-0.15, -0.1) is 10.2 Å². The van der Waals surface area contributed by atoms with E-state index >= 15 is 0 Å². The van der Waals surface area contributed by atoms with E-state index in [9.17, 15) is 9.59 Å². The molecule has 0 spiro atoms. The van der Waals surface area contributed by atoms with E-state index < -0.39 is 0 Å². The van der Waals surface area contributed by atoms with Gasteiger partial charge in [0, 0.05) is 18.5 Å². The van der Waals surface area contributed by atoms with Crippen LogP contribution in [0.5, 0.6) is 0 Å². The largest absolute Gasteiger partial charge is 0.370 e. The zero-order valence-electron chi connectivity index (χ0n) is 11.2. The normalized spacial score (nSPS) is 10.1. The fraction of sp³-hybridized carbons (Fsp3) is 0.231. The number of carbonyl (C=O) groups excluding carboxylic acids is 2. The Kier molecular flexibility index (Phi) is 5.22. The number of amides is 3. The van der Waals surface area contributed by atoms with Crippen LogP contribution < -0.4 is 16.4 Å². The van der Waals surface area contributed by atoms with Crippen molar-refractivity contribution >= 4 is 28.4 Å². The molecule has 0 aliphatic heterocycles. The summed E-state index contributed by atoms with van der Waals surface area (Å²) in [4.78, 5) is 22.2. The number of anilines is 1. The molecule has 0 aliphatic rings. The van der Waals surface area contributed by atoms with Crippen LogP contribution in [0.25, 0.3) is 10.6 Å². The second-order valence-corrected chi connectivity index (χ2v) is 5.21. The first-order chi connectivity index (χ1) is 10.1. The van der Waals surface area contributed by atoms with E-state index in [-0.39, 0.29) is 18.4 Å². The van der Waals surface area contributed by atoms with Crippen molar-refractivity contribution in [2.75, 3.05) is 11.9 Å². The molecule has 0 saturated carbocycles. The number of carbonyl (C=O) groups is 2. The number of hydrogen-bond donors (Lipinski definition) is 3. The number of hydrogen-bond acceptors (Lipinski definition) is 5. The molecule has 4 N–H and O–H groups in total. The number of rotatable bonds is 6. The van der Waals surface area contributed by atoms with Gasteiger partial charge in [0.05, 0.1) is 0 Å². The molecule has 0 unspecified atom stereocenters. The summed E-state index contributed by atoms with van der Waals surface area (Å²) in [5.41, 5.74) is 5.96. The topological polar surface area (TPSA) is 110 Å². The van der Waals surface area contributed by atoms with Gasteiger partial charge in [0.15, 0.2) is 0 Å². The van der Waals surface area contributed by atoms with Crippen LogP contribution in [0.1, 0.15) is 12.8 Å². The highest BCUT2D eigenvalue weighted by atomic mass is 32.1. The third-order valence-electron chi connectivity index (χ3n) is 2.55. The summed E-state index contributed by atoms with van der Waals surface area (Å²) < 4.78 is 0. The van der Waals surface area contributed by atoms with Gasteiger partial charge in [-0.1, -0.05) is 41.7 Å². The smallest absolute Gasteiger partial charge is 0.321 e. The minimum absolute atomic E-state index is 0.247. The van der Waals surface area contributed by atoms with Crippen LogP contribution in [0.15, 0.2) is 30.3 Å². The van der Waals surface area contributed by atoms with E-state index in [0.717, 1.165) is 10.6 Å². The summed E-state index contributed by atoms with van der Waals surface area (Å²) in [5.74, 6) is -0.381. The molecule has 1 aromatic carbocycles. The van der Waals surface area contributed by atoms with Gasteiger partial charge in [0.25, 0.3) is 0 Å². The Labute approximate surface area is 125 Å². The Bertz CT molecular complexity index is 614. The molecule has 21 heavy (non-hydrogen) atoms. The van der Waals surface area contributed by atoms with Gasteiger partial charge in [0.1, 0.15) is 5.01 Å². The number of nitrogens with one attached hydrogen (secondary N) is 2. The highest BCUT2D eigenvalue weighted by Crippen LogP contribution is 2.25. The fourth-order valence-corrected chi connectivity index (χ4v) is 2.32. The molecule has 0 atom stereocenters. The monoisotopic (exact) mass is 305 g/mol. The second-order valence-electron chi connectivity index (χ2n) is 4.23. The van der Waals surface area contributed by atoms with Gasteiger partial charge in [-0.25, -0.2) is 4.79 Å². The van der Waals surface area contributed by atoms with E-state index in [2.05, 4.69) is 20.8 Å². The summed E-state index contributed by atoms with van der Waals surface area (Å²) >= 11 is 1.29. The highest BCUT2D eigenvalue weighted by Gasteiger charge is 2.08. The molecule has 0 bridgehead atoms. The minimum atomic E-state index is -0.381. The molecule has 0 aliphatic carbocycles. The lowest BCUT2D eigenvalue weighted by Gasteiger charge is -2.03. The molecule has 8 heteroatoms. The minimum Gasteiger partial charge on any atom is -0.370 e. The van der Waals surface area contributed by atoms with E-state index in [1.54, 1.807) is 0 Å². The van der Waals surface area contributed by atoms with Crippen molar-refractivity contribution < 1.29 is 9.59 Å². The number of urea groups is 1. The Morgan fingerprint density at radius 1 is 1.19 bits per heavy atom. The first-order valence-corrected chi connectivity index (χ1v) is 7.19. The van der Waals surface area contributed by atoms with Crippen LogP contribution in [0.2, 0.25) is 0 Å². The third kappa shape index (κ3) is 4.84. The number of aromatic nitrogens is 2. The number of benzene rings is 1. The van der Waals surface area contributed by atoms with Crippen molar-refractivity contribution in [3.05, 3.63) is 30.3 Å². The van der Waals surface area contributed by atoms with Gasteiger partial charge >= 0.3 is 6.03 Å². The number of nitrogens with zero attached hydrogens (tertiary/aromatic N) is 2. The summed E-state index contributed by atoms with van der Waals surface area (Å²) in [5, 5.41) is 14.3. The lowest BCUT2D eigenvalue weighted by atomic mass is 10.2. The average Bonchev–Trinajstić information content (AvgIpc) is 2.93. The summed E-state index contributed by atoms with van der Waals surface area (Å²) in [6, 6.07) is 9.21. The van der Waals surface area contributed by atoms with Crippen molar-refractivity contribution in [3.63, 3.8) is 0 Å². The molecule has 0 fully saturated rings. The Morgan fingerprint density at radius 2 is 1.95 bits per heavy atom. The van der Waals surface area contributed by atoms with Gasteiger partial charge in [-0.05, 0) is 6.42 Å². The molecule has 7 nitrogen and oxygen atoms in total. The van der Waals surface area contributed by atoms with Crippen LogP contribution >= 0.6 is 11.3 Å². The van der Waals surface area contributed by atoms with Gasteiger partial charge in [0.2, 0.25) is 11.0 Å². The zero-order valence-corrected chi connectivity index (χ0v) is 12.0. The lowest BCUT2D eigenvalue weighted by molar-refractivity contribution is -0.118. The molecule has 1 heterocycles. The molecule has 2 aromatic rings. The standard InChI is InChI=1S/C13H15N5O2S/c14-10(19)7-4-8-15-12(20)16-13-18-17-11(21-13)9-5-2-1-3-6-9/h1-3,5-6H,4,7-8H2,(H2,14,19)(H2,15,16,18,20). The van der Waals surface area contributed by atoms with Crippen LogP contribution in [0, 0.1) is 0 Å². The molecule has 110 valence electrons. The summed E-state index contributed by atoms with van der Waals surface area (Å²) in [6.07, 6.45) is 0.755. The van der Waals surface area contributed by atoms with Crippen LogP contribution in [0.4, 0.5) is 9.93 Å². The lowest BCUT2D eigenvalue weighted by Crippen LogP contribution is -2.30. The molecule has 0 radical (unpaired) electrons. The third-order valence-corrected chi connectivity index (χ3v) is 3.44. The maximum Gasteiger partial charge on any atom is 0.321 e. The molecule has 0 saturated heterocycles. The Balaban J connectivity index is 1.82. The van der Waals surface area contributed by atoms with Crippen molar-refractivity contribution in [2.45, 2.75) is 12.8 Å². The summed E-state index contributed by atoms with van der Waals surface area (Å²) in [7, 11) is 0. The van der Waals surface area contributed by atoms with Crippen LogP contribution in [0.3, 0.4) is 0 Å². The number of primary amides is 1. The first-order valence-electron chi connectivity index (χ1n) is 6.37. The Hall–Kier alpha value is -2.48. The van der Waals surface area contributed by atoms with Crippen LogP contribution in [-0.2, 0) is 4.79 Å². The number of nitrogens with two attached hydrogens (primary N) is 1. The second kappa shape index (κ2) is 7.34. The molecule has 2 rings (SSSR count). The van der Waals surface area contributed by atoms with Crippen molar-refractivity contribution in [1.29, 1.82) is 0 Å². The van der Waals surface area contributed by atoms with Crippen LogP contribution in [-0.4, -0.2) is 28.7 Å². The highest BCUT2D eigenvalue weighted by molar-refractivity contribution is 7.18. The fourth-order valence-electron chi connectivity index (χ4n) is 1.58. The van der Waals surface area contributed by atoms with Crippen molar-refractivity contribution in [2.24, 2.45) is 5.73 Å². The first kappa shape index (κ1) is 14.9. The van der Waals surface area contributed by atoms with Gasteiger partial charge < -0.3 is 11.1 Å². The predicted octanol–water partition coefficient (Wildman–Crippen LogP) is 1.59. The van der Waals surface area contributed by atoms with E-state index in [1.165, 1.54) is 11.3 Å². The van der Waals surface area contributed by atoms with Gasteiger partial charge in [-0.2, -0.15) is 0 Å². The maximum atomic E-state index is 11.6. The predicted molar refractivity (Wildman–Crippen MR) is 80.8 cm³/mol. The molecule has 1 aromatic heterocycles. The molecular weight excluding hydrogens is 290 g/mol. The Morgan fingerprint density at radius 3 is 2.67 bits per heavy atom. The van der Waals surface area contributed by atoms with E-state index in [0.29, 0.717) is 18.1 Å². The van der Waals surface area contributed by atoms with E-state index in [4.69, 9.17) is 5.73 Å². The average molecular weight is 305 g/mol. The zero-order chi connectivity index (χ0) is 15.1. The van der Waals surface area contributed by atoms with Crippen molar-refractivity contribution in [3.8, 4) is 10.6 Å². The summed E-state index contributed by atoms with van der Waals surface area (Å²) in [6.45, 7) is 0.374.